The third-order valence-corrected chi connectivity index (χ3v) is 5.75. The van der Waals surface area contributed by atoms with E-state index < -0.39 is 10.0 Å². The Bertz CT molecular complexity index is 680. The number of nitrogens with zero attached hydrogens (tertiary/aromatic N) is 1. The number of nitrogens with one attached hydrogen (secondary N) is 2. The van der Waals surface area contributed by atoms with Gasteiger partial charge in [0.1, 0.15) is 0 Å². The van der Waals surface area contributed by atoms with E-state index in [0.717, 1.165) is 18.7 Å². The molecule has 1 aromatic carbocycles. The standard InChI is InChI=1S/C17H27N3O4S/c1-14(21)18-12-15-4-6-16(7-5-15)25(22,23)19-13-17(2,3)20-8-10-24-11-9-20/h4-7,19H,8-13H2,1-3H3,(H,18,21). The molecule has 2 N–H and O–H groups in total. The number of sulfonamides is 1. The highest BCUT2D eigenvalue weighted by Crippen LogP contribution is 2.17. The van der Waals surface area contributed by atoms with Crippen molar-refractivity contribution in [1.29, 1.82) is 0 Å². The van der Waals surface area contributed by atoms with Crippen molar-refractivity contribution < 1.29 is 17.9 Å². The van der Waals surface area contributed by atoms with Crippen LogP contribution in [-0.4, -0.2) is 57.6 Å². The predicted octanol–water partition coefficient (Wildman–Crippen LogP) is 0.712. The summed E-state index contributed by atoms with van der Waals surface area (Å²) in [6.45, 7) is 9.14. The van der Waals surface area contributed by atoms with Crippen molar-refractivity contribution in [2.45, 2.75) is 37.8 Å². The highest BCUT2D eigenvalue weighted by molar-refractivity contribution is 7.89. The Kier molecular flexibility index (Phi) is 6.56. The van der Waals surface area contributed by atoms with Crippen LogP contribution in [0.25, 0.3) is 0 Å². The molecule has 1 saturated heterocycles. The lowest BCUT2D eigenvalue weighted by atomic mass is 10.0. The van der Waals surface area contributed by atoms with Gasteiger partial charge in [-0.15, -0.1) is 0 Å². The summed E-state index contributed by atoms with van der Waals surface area (Å²) in [4.78, 5) is 13.4. The molecule has 1 aliphatic rings. The van der Waals surface area contributed by atoms with E-state index in [1.54, 1.807) is 24.3 Å². The molecule has 25 heavy (non-hydrogen) atoms. The maximum Gasteiger partial charge on any atom is 0.240 e. The first-order valence-electron chi connectivity index (χ1n) is 8.36. The maximum absolute atomic E-state index is 12.5. The minimum Gasteiger partial charge on any atom is -0.379 e. The summed E-state index contributed by atoms with van der Waals surface area (Å²) in [5, 5.41) is 2.68. The van der Waals surface area contributed by atoms with Gasteiger partial charge >= 0.3 is 0 Å². The molecule has 0 bridgehead atoms. The van der Waals surface area contributed by atoms with Crippen LogP contribution in [0.2, 0.25) is 0 Å². The SMILES string of the molecule is CC(=O)NCc1ccc(S(=O)(=O)NCC(C)(C)N2CCOCC2)cc1. The van der Waals surface area contributed by atoms with Crippen LogP contribution in [-0.2, 0) is 26.1 Å². The number of rotatable bonds is 7. The topological polar surface area (TPSA) is 87.7 Å². The van der Waals surface area contributed by atoms with Crippen molar-refractivity contribution in [1.82, 2.24) is 14.9 Å². The van der Waals surface area contributed by atoms with Gasteiger partial charge in [-0.05, 0) is 31.5 Å². The van der Waals surface area contributed by atoms with Gasteiger partial charge in [0.15, 0.2) is 0 Å². The molecule has 0 saturated carbocycles. The van der Waals surface area contributed by atoms with Gasteiger partial charge in [-0.25, -0.2) is 13.1 Å². The number of carbonyl (C=O) groups excluding carboxylic acids is 1. The van der Waals surface area contributed by atoms with Gasteiger partial charge in [-0.3, -0.25) is 9.69 Å². The van der Waals surface area contributed by atoms with Crippen molar-refractivity contribution in [3.05, 3.63) is 29.8 Å². The summed E-state index contributed by atoms with van der Waals surface area (Å²) in [5.74, 6) is -0.122. The van der Waals surface area contributed by atoms with E-state index in [1.807, 2.05) is 13.8 Å². The summed E-state index contributed by atoms with van der Waals surface area (Å²) >= 11 is 0. The van der Waals surface area contributed by atoms with Crippen LogP contribution < -0.4 is 10.0 Å². The van der Waals surface area contributed by atoms with Gasteiger partial charge in [-0.1, -0.05) is 12.1 Å². The molecule has 0 spiro atoms. The smallest absolute Gasteiger partial charge is 0.240 e. The van der Waals surface area contributed by atoms with Crippen molar-refractivity contribution in [2.24, 2.45) is 0 Å². The Hall–Kier alpha value is -1.48. The van der Waals surface area contributed by atoms with Crippen LogP contribution in [0.3, 0.4) is 0 Å². The van der Waals surface area contributed by atoms with E-state index in [2.05, 4.69) is 14.9 Å². The van der Waals surface area contributed by atoms with Gasteiger partial charge in [0, 0.05) is 38.6 Å². The lowest BCUT2D eigenvalue weighted by Crippen LogP contribution is -2.55. The highest BCUT2D eigenvalue weighted by atomic mass is 32.2. The molecule has 0 atom stereocenters. The van der Waals surface area contributed by atoms with E-state index in [4.69, 9.17) is 4.74 Å². The first-order chi connectivity index (χ1) is 11.7. The van der Waals surface area contributed by atoms with Crippen LogP contribution in [0.4, 0.5) is 0 Å². The summed E-state index contributed by atoms with van der Waals surface area (Å²) in [7, 11) is -3.58. The number of hydrogen-bond acceptors (Lipinski definition) is 5. The molecule has 1 aliphatic heterocycles. The summed E-state index contributed by atoms with van der Waals surface area (Å²) in [6, 6.07) is 6.53. The number of morpholine rings is 1. The molecule has 8 heteroatoms. The van der Waals surface area contributed by atoms with Crippen molar-refractivity contribution in [3.8, 4) is 0 Å². The van der Waals surface area contributed by atoms with Gasteiger partial charge in [0.05, 0.1) is 18.1 Å². The number of ether oxygens (including phenoxy) is 1. The van der Waals surface area contributed by atoms with E-state index in [0.29, 0.717) is 26.3 Å². The molecule has 1 fully saturated rings. The maximum atomic E-state index is 12.5. The van der Waals surface area contributed by atoms with Gasteiger partial charge in [0.2, 0.25) is 15.9 Å². The lowest BCUT2D eigenvalue weighted by molar-refractivity contribution is -0.119. The van der Waals surface area contributed by atoms with E-state index in [9.17, 15) is 13.2 Å². The molecule has 0 aliphatic carbocycles. The second kappa shape index (κ2) is 8.27. The average molecular weight is 369 g/mol. The van der Waals surface area contributed by atoms with Crippen LogP contribution in [0.5, 0.6) is 0 Å². The molecule has 0 radical (unpaired) electrons. The van der Waals surface area contributed by atoms with E-state index in [1.165, 1.54) is 6.92 Å². The Morgan fingerprint density at radius 3 is 2.36 bits per heavy atom. The molecular weight excluding hydrogens is 342 g/mol. The van der Waals surface area contributed by atoms with Crippen LogP contribution in [0.1, 0.15) is 26.3 Å². The second-order valence-corrected chi connectivity index (χ2v) is 8.56. The van der Waals surface area contributed by atoms with Crippen molar-refractivity contribution in [2.75, 3.05) is 32.8 Å². The quantitative estimate of drug-likeness (QED) is 0.739. The summed E-state index contributed by atoms with van der Waals surface area (Å²) in [6.07, 6.45) is 0. The summed E-state index contributed by atoms with van der Waals surface area (Å²) in [5.41, 5.74) is 0.560. The van der Waals surface area contributed by atoms with Crippen LogP contribution in [0, 0.1) is 0 Å². The predicted molar refractivity (Wildman–Crippen MR) is 95.6 cm³/mol. The molecule has 1 aromatic rings. The Balaban J connectivity index is 1.97. The average Bonchev–Trinajstić information content (AvgIpc) is 2.59. The number of amides is 1. The molecule has 0 unspecified atom stereocenters. The largest absolute Gasteiger partial charge is 0.379 e. The van der Waals surface area contributed by atoms with Crippen LogP contribution >= 0.6 is 0 Å². The fourth-order valence-corrected chi connectivity index (χ4v) is 3.85. The zero-order valence-corrected chi connectivity index (χ0v) is 15.9. The number of hydrogen-bond donors (Lipinski definition) is 2. The molecule has 140 valence electrons. The van der Waals surface area contributed by atoms with Gasteiger partial charge in [0.25, 0.3) is 0 Å². The monoisotopic (exact) mass is 369 g/mol. The first kappa shape index (κ1) is 19.8. The third-order valence-electron chi connectivity index (χ3n) is 4.34. The fraction of sp³-hybridized carbons (Fsp3) is 0.588. The van der Waals surface area contributed by atoms with Crippen LogP contribution in [0.15, 0.2) is 29.2 Å². The molecule has 0 aromatic heterocycles. The normalized spacial score (nSPS) is 16.6. The molecule has 1 amide bonds. The number of benzene rings is 1. The first-order valence-corrected chi connectivity index (χ1v) is 9.85. The molecular formula is C17H27N3O4S. The van der Waals surface area contributed by atoms with Gasteiger partial charge < -0.3 is 10.1 Å². The zero-order valence-electron chi connectivity index (χ0n) is 15.0. The Labute approximate surface area is 149 Å². The fourth-order valence-electron chi connectivity index (χ4n) is 2.65. The minimum atomic E-state index is -3.58. The molecule has 7 nitrogen and oxygen atoms in total. The minimum absolute atomic E-state index is 0.122. The lowest BCUT2D eigenvalue weighted by Gasteiger charge is -2.40. The van der Waals surface area contributed by atoms with E-state index >= 15 is 0 Å². The highest BCUT2D eigenvalue weighted by Gasteiger charge is 2.29. The van der Waals surface area contributed by atoms with Crippen molar-refractivity contribution >= 4 is 15.9 Å². The zero-order chi connectivity index (χ0) is 18.5. The summed E-state index contributed by atoms with van der Waals surface area (Å²) < 4.78 is 33.1. The molecule has 2 rings (SSSR count). The van der Waals surface area contributed by atoms with Crippen molar-refractivity contribution in [3.63, 3.8) is 0 Å². The molecule has 1 heterocycles. The third kappa shape index (κ3) is 5.78. The number of carbonyl (C=O) groups is 1. The van der Waals surface area contributed by atoms with Gasteiger partial charge in [-0.2, -0.15) is 0 Å². The van der Waals surface area contributed by atoms with E-state index in [-0.39, 0.29) is 16.3 Å². The Morgan fingerprint density at radius 1 is 1.20 bits per heavy atom. The second-order valence-electron chi connectivity index (χ2n) is 6.79. The Morgan fingerprint density at radius 2 is 1.80 bits per heavy atom.